The van der Waals surface area contributed by atoms with Crippen molar-refractivity contribution >= 4 is 12.0 Å². The van der Waals surface area contributed by atoms with Gasteiger partial charge in [-0.2, -0.15) is 0 Å². The topological polar surface area (TPSA) is 35.5 Å². The maximum absolute atomic E-state index is 11.1. The van der Waals surface area contributed by atoms with Crippen molar-refractivity contribution in [3.63, 3.8) is 0 Å². The quantitative estimate of drug-likeness (QED) is 0.578. The number of rotatable bonds is 4. The second-order valence-electron chi connectivity index (χ2n) is 3.31. The molecule has 1 rings (SSSR count). The van der Waals surface area contributed by atoms with E-state index in [1.165, 1.54) is 6.08 Å². The molecular weight excluding hydrogens is 204 g/mol. The zero-order valence-electron chi connectivity index (χ0n) is 9.82. The fourth-order valence-corrected chi connectivity index (χ4v) is 1.27. The number of carbonyl (C=O) groups is 1. The van der Waals surface area contributed by atoms with E-state index in [4.69, 9.17) is 9.47 Å². The van der Waals surface area contributed by atoms with Crippen LogP contribution in [0.2, 0.25) is 0 Å². The van der Waals surface area contributed by atoms with E-state index in [0.717, 1.165) is 16.9 Å². The van der Waals surface area contributed by atoms with E-state index in [1.54, 1.807) is 20.1 Å². The van der Waals surface area contributed by atoms with E-state index >= 15 is 0 Å². The van der Waals surface area contributed by atoms with Crippen molar-refractivity contribution in [2.24, 2.45) is 0 Å². The van der Waals surface area contributed by atoms with Gasteiger partial charge < -0.3 is 9.47 Å². The highest BCUT2D eigenvalue weighted by Crippen LogP contribution is 2.18. The summed E-state index contributed by atoms with van der Waals surface area (Å²) in [5.41, 5.74) is 2.04. The molecule has 0 amide bonds. The Bertz CT molecular complexity index is 394. The average molecular weight is 220 g/mol. The van der Waals surface area contributed by atoms with E-state index in [0.29, 0.717) is 6.61 Å². The summed E-state index contributed by atoms with van der Waals surface area (Å²) in [5.74, 6) is 0.443. The van der Waals surface area contributed by atoms with Gasteiger partial charge in [0.2, 0.25) is 0 Å². The second-order valence-corrected chi connectivity index (χ2v) is 3.31. The molecule has 0 saturated heterocycles. The summed E-state index contributed by atoms with van der Waals surface area (Å²) in [6.45, 7) is 4.15. The van der Waals surface area contributed by atoms with Gasteiger partial charge in [0, 0.05) is 6.08 Å². The third-order valence-electron chi connectivity index (χ3n) is 2.17. The molecule has 0 N–H and O–H groups in total. The molecule has 0 unspecified atom stereocenters. The van der Waals surface area contributed by atoms with Crippen LogP contribution in [0.3, 0.4) is 0 Å². The molecule has 0 spiro atoms. The van der Waals surface area contributed by atoms with E-state index < -0.39 is 0 Å². The Morgan fingerprint density at radius 1 is 1.44 bits per heavy atom. The van der Waals surface area contributed by atoms with Gasteiger partial charge >= 0.3 is 5.97 Å². The number of methoxy groups -OCH3 is 1. The van der Waals surface area contributed by atoms with Crippen LogP contribution in [0.5, 0.6) is 5.75 Å². The third kappa shape index (κ3) is 3.42. The molecule has 0 bridgehead atoms. The molecular formula is C13H16O3. The van der Waals surface area contributed by atoms with Crippen molar-refractivity contribution in [3.05, 3.63) is 35.4 Å². The average Bonchev–Trinajstić information content (AvgIpc) is 2.28. The highest BCUT2D eigenvalue weighted by atomic mass is 16.5. The highest BCUT2D eigenvalue weighted by Gasteiger charge is 1.99. The number of carbonyl (C=O) groups excluding carboxylic acids is 1. The van der Waals surface area contributed by atoms with Crippen LogP contribution in [0.15, 0.2) is 24.3 Å². The SMILES string of the molecule is CCOC(=O)/C=C/c1cc(OC)ccc1C. The number of hydrogen-bond acceptors (Lipinski definition) is 3. The maximum Gasteiger partial charge on any atom is 0.330 e. The Hall–Kier alpha value is -1.77. The molecule has 1 aromatic rings. The Labute approximate surface area is 95.7 Å². The predicted molar refractivity (Wildman–Crippen MR) is 63.4 cm³/mol. The van der Waals surface area contributed by atoms with Crippen LogP contribution < -0.4 is 4.74 Å². The molecule has 0 aliphatic heterocycles. The Morgan fingerprint density at radius 3 is 2.81 bits per heavy atom. The van der Waals surface area contributed by atoms with Gasteiger partial charge in [-0.25, -0.2) is 4.79 Å². The lowest BCUT2D eigenvalue weighted by Crippen LogP contribution is -1.98. The van der Waals surface area contributed by atoms with Crippen molar-refractivity contribution in [2.45, 2.75) is 13.8 Å². The Balaban J connectivity index is 2.83. The molecule has 0 heterocycles. The molecule has 0 saturated carbocycles. The van der Waals surface area contributed by atoms with E-state index in [2.05, 4.69) is 0 Å². The maximum atomic E-state index is 11.1. The van der Waals surface area contributed by atoms with Crippen LogP contribution >= 0.6 is 0 Å². The van der Waals surface area contributed by atoms with Gasteiger partial charge in [0.1, 0.15) is 5.75 Å². The minimum atomic E-state index is -0.329. The summed E-state index contributed by atoms with van der Waals surface area (Å²) >= 11 is 0. The fourth-order valence-electron chi connectivity index (χ4n) is 1.27. The first-order valence-electron chi connectivity index (χ1n) is 5.17. The predicted octanol–water partition coefficient (Wildman–Crippen LogP) is 2.58. The van der Waals surface area contributed by atoms with Gasteiger partial charge in [0.05, 0.1) is 13.7 Å². The summed E-state index contributed by atoms with van der Waals surface area (Å²) < 4.78 is 9.92. The van der Waals surface area contributed by atoms with E-state index in [1.807, 2.05) is 25.1 Å². The van der Waals surface area contributed by atoms with Crippen molar-refractivity contribution in [1.29, 1.82) is 0 Å². The van der Waals surface area contributed by atoms with E-state index in [-0.39, 0.29) is 5.97 Å². The van der Waals surface area contributed by atoms with Gasteiger partial charge in [-0.05, 0) is 43.2 Å². The van der Waals surface area contributed by atoms with Gasteiger partial charge in [0.15, 0.2) is 0 Å². The van der Waals surface area contributed by atoms with Crippen LogP contribution in [-0.2, 0) is 9.53 Å². The Morgan fingerprint density at radius 2 is 2.19 bits per heavy atom. The van der Waals surface area contributed by atoms with Crippen LogP contribution in [0.25, 0.3) is 6.08 Å². The molecule has 3 nitrogen and oxygen atoms in total. The molecule has 3 heteroatoms. The number of aryl methyl sites for hydroxylation is 1. The zero-order valence-corrected chi connectivity index (χ0v) is 9.82. The molecule has 0 aromatic heterocycles. The van der Waals surface area contributed by atoms with Gasteiger partial charge in [0.25, 0.3) is 0 Å². The van der Waals surface area contributed by atoms with Crippen molar-refractivity contribution in [3.8, 4) is 5.75 Å². The molecule has 1 aromatic carbocycles. The summed E-state index contributed by atoms with van der Waals surface area (Å²) in [5, 5.41) is 0. The lowest BCUT2D eigenvalue weighted by atomic mass is 10.1. The first-order valence-corrected chi connectivity index (χ1v) is 5.17. The lowest BCUT2D eigenvalue weighted by molar-refractivity contribution is -0.137. The smallest absolute Gasteiger partial charge is 0.330 e. The Kier molecular flexibility index (Phi) is 4.58. The van der Waals surface area contributed by atoms with E-state index in [9.17, 15) is 4.79 Å². The molecule has 0 aliphatic rings. The summed E-state index contributed by atoms with van der Waals surface area (Å²) in [6, 6.07) is 5.71. The number of ether oxygens (including phenoxy) is 2. The monoisotopic (exact) mass is 220 g/mol. The summed E-state index contributed by atoms with van der Waals surface area (Å²) in [4.78, 5) is 11.1. The molecule has 16 heavy (non-hydrogen) atoms. The van der Waals surface area contributed by atoms with Crippen LogP contribution in [0, 0.1) is 6.92 Å². The highest BCUT2D eigenvalue weighted by molar-refractivity contribution is 5.87. The van der Waals surface area contributed by atoms with Crippen LogP contribution in [0.4, 0.5) is 0 Å². The third-order valence-corrected chi connectivity index (χ3v) is 2.17. The largest absolute Gasteiger partial charge is 0.497 e. The minimum Gasteiger partial charge on any atom is -0.497 e. The number of benzene rings is 1. The molecule has 0 fully saturated rings. The van der Waals surface area contributed by atoms with Gasteiger partial charge in [-0.3, -0.25) is 0 Å². The summed E-state index contributed by atoms with van der Waals surface area (Å²) in [6.07, 6.45) is 3.15. The molecule has 0 aliphatic carbocycles. The first kappa shape index (κ1) is 12.3. The van der Waals surface area contributed by atoms with Gasteiger partial charge in [-0.1, -0.05) is 6.07 Å². The molecule has 86 valence electrons. The second kappa shape index (κ2) is 5.95. The van der Waals surface area contributed by atoms with Crippen molar-refractivity contribution < 1.29 is 14.3 Å². The van der Waals surface area contributed by atoms with Crippen LogP contribution in [-0.4, -0.2) is 19.7 Å². The minimum absolute atomic E-state index is 0.329. The molecule has 0 atom stereocenters. The zero-order chi connectivity index (χ0) is 12.0. The van der Waals surface area contributed by atoms with Crippen LogP contribution in [0.1, 0.15) is 18.1 Å². The first-order chi connectivity index (χ1) is 7.67. The summed E-state index contributed by atoms with van der Waals surface area (Å²) in [7, 11) is 1.61. The number of hydrogen-bond donors (Lipinski definition) is 0. The van der Waals surface area contributed by atoms with Crippen molar-refractivity contribution in [2.75, 3.05) is 13.7 Å². The number of esters is 1. The molecule has 0 radical (unpaired) electrons. The standard InChI is InChI=1S/C13H16O3/c1-4-16-13(14)8-6-11-9-12(15-3)7-5-10(11)2/h5-9H,4H2,1-3H3/b8-6+. The van der Waals surface area contributed by atoms with Gasteiger partial charge in [-0.15, -0.1) is 0 Å². The van der Waals surface area contributed by atoms with Crippen molar-refractivity contribution in [1.82, 2.24) is 0 Å². The lowest BCUT2D eigenvalue weighted by Gasteiger charge is -2.04. The fraction of sp³-hybridized carbons (Fsp3) is 0.308. The normalized spacial score (nSPS) is 10.4.